The molecule has 166 valence electrons. The number of carbonyl (C=O) groups excluding carboxylic acids is 2. The summed E-state index contributed by atoms with van der Waals surface area (Å²) in [7, 11) is 0. The summed E-state index contributed by atoms with van der Waals surface area (Å²) in [6.07, 6.45) is 12.3. The Labute approximate surface area is 187 Å². The van der Waals surface area contributed by atoms with Crippen LogP contribution in [0.4, 0.5) is 11.4 Å². The van der Waals surface area contributed by atoms with Crippen molar-refractivity contribution in [2.45, 2.75) is 63.5 Å². The third-order valence-corrected chi connectivity index (χ3v) is 6.53. The van der Waals surface area contributed by atoms with Crippen LogP contribution in [0.5, 0.6) is 0 Å². The van der Waals surface area contributed by atoms with E-state index in [1.165, 1.54) is 25.7 Å². The topological polar surface area (TPSA) is 93.8 Å². The third-order valence-electron chi connectivity index (χ3n) is 6.53. The predicted molar refractivity (Wildman–Crippen MR) is 122 cm³/mol. The van der Waals surface area contributed by atoms with Gasteiger partial charge in [0.25, 0.3) is 11.8 Å². The zero-order valence-corrected chi connectivity index (χ0v) is 18.0. The summed E-state index contributed by atoms with van der Waals surface area (Å²) in [5.74, 6) is -0.394. The van der Waals surface area contributed by atoms with Crippen LogP contribution in [-0.4, -0.2) is 31.4 Å². The molecule has 2 saturated carbocycles. The second-order valence-corrected chi connectivity index (χ2v) is 8.69. The van der Waals surface area contributed by atoms with Crippen LogP contribution in [0, 0.1) is 0 Å². The molecule has 2 aromatic heterocycles. The molecule has 0 atom stereocenters. The van der Waals surface area contributed by atoms with Crippen molar-refractivity contribution in [2.75, 3.05) is 10.6 Å². The molecule has 2 heterocycles. The lowest BCUT2D eigenvalue weighted by Crippen LogP contribution is -2.21. The van der Waals surface area contributed by atoms with Crippen molar-refractivity contribution in [1.29, 1.82) is 0 Å². The highest BCUT2D eigenvalue weighted by Crippen LogP contribution is 2.31. The van der Waals surface area contributed by atoms with Gasteiger partial charge in [-0.2, -0.15) is 10.2 Å². The molecule has 2 amide bonds. The van der Waals surface area contributed by atoms with Crippen molar-refractivity contribution in [2.24, 2.45) is 0 Å². The van der Waals surface area contributed by atoms with Crippen LogP contribution < -0.4 is 10.6 Å². The van der Waals surface area contributed by atoms with Gasteiger partial charge in [0.2, 0.25) is 0 Å². The molecule has 5 rings (SSSR count). The normalized spacial score (nSPS) is 17.0. The molecule has 8 nitrogen and oxygen atoms in total. The maximum absolute atomic E-state index is 12.9. The predicted octanol–water partition coefficient (Wildman–Crippen LogP) is 4.81. The average Bonchev–Trinajstić information content (AvgIpc) is 3.60. The number of anilines is 2. The van der Waals surface area contributed by atoms with Gasteiger partial charge < -0.3 is 10.6 Å². The second kappa shape index (κ2) is 8.98. The van der Waals surface area contributed by atoms with E-state index in [2.05, 4.69) is 20.8 Å². The molecule has 2 N–H and O–H groups in total. The first-order chi connectivity index (χ1) is 15.7. The zero-order valence-electron chi connectivity index (χ0n) is 18.0. The molecule has 0 saturated heterocycles. The minimum absolute atomic E-state index is 0.197. The monoisotopic (exact) mass is 432 g/mol. The summed E-state index contributed by atoms with van der Waals surface area (Å²) >= 11 is 0. The first kappa shape index (κ1) is 20.5. The highest BCUT2D eigenvalue weighted by atomic mass is 16.2. The molecule has 0 aliphatic heterocycles. The van der Waals surface area contributed by atoms with E-state index in [0.717, 1.165) is 25.7 Å². The van der Waals surface area contributed by atoms with Gasteiger partial charge in [-0.3, -0.25) is 19.0 Å². The van der Waals surface area contributed by atoms with Crippen molar-refractivity contribution < 1.29 is 9.59 Å². The Morgan fingerprint density at radius 1 is 0.719 bits per heavy atom. The number of hydrogen-bond acceptors (Lipinski definition) is 4. The Kier molecular flexibility index (Phi) is 5.75. The van der Waals surface area contributed by atoms with Gasteiger partial charge in [-0.15, -0.1) is 0 Å². The van der Waals surface area contributed by atoms with Crippen molar-refractivity contribution >= 4 is 23.2 Å². The van der Waals surface area contributed by atoms with E-state index in [-0.39, 0.29) is 11.8 Å². The van der Waals surface area contributed by atoms with Gasteiger partial charge in [-0.05, 0) is 56.0 Å². The van der Waals surface area contributed by atoms with Crippen LogP contribution in [0.1, 0.15) is 84.4 Å². The summed E-state index contributed by atoms with van der Waals surface area (Å²) in [6, 6.07) is 11.3. The van der Waals surface area contributed by atoms with E-state index in [4.69, 9.17) is 0 Å². The van der Waals surface area contributed by atoms with E-state index in [9.17, 15) is 9.59 Å². The Hall–Kier alpha value is -3.42. The van der Waals surface area contributed by atoms with Crippen molar-refractivity contribution in [3.05, 3.63) is 60.2 Å². The van der Waals surface area contributed by atoms with Crippen molar-refractivity contribution in [3.63, 3.8) is 0 Å². The van der Waals surface area contributed by atoms with Crippen LogP contribution in [0.2, 0.25) is 0 Å². The lowest BCUT2D eigenvalue weighted by molar-refractivity contribution is 0.100. The van der Waals surface area contributed by atoms with Crippen LogP contribution >= 0.6 is 0 Å². The summed E-state index contributed by atoms with van der Waals surface area (Å²) in [5, 5.41) is 14.6. The van der Waals surface area contributed by atoms with E-state index >= 15 is 0 Å². The van der Waals surface area contributed by atoms with Crippen LogP contribution in [-0.2, 0) is 0 Å². The summed E-state index contributed by atoms with van der Waals surface area (Å²) in [5.41, 5.74) is 2.37. The van der Waals surface area contributed by atoms with Gasteiger partial charge in [0.15, 0.2) is 0 Å². The molecule has 2 aliphatic rings. The van der Waals surface area contributed by atoms with E-state index < -0.39 is 0 Å². The second-order valence-electron chi connectivity index (χ2n) is 8.69. The van der Waals surface area contributed by atoms with E-state index in [0.29, 0.717) is 34.8 Å². The molecule has 0 radical (unpaired) electrons. The molecule has 1 aromatic carbocycles. The molecule has 2 aliphatic carbocycles. The zero-order chi connectivity index (χ0) is 21.9. The summed E-state index contributed by atoms with van der Waals surface area (Å²) in [4.78, 5) is 25.8. The molecular weight excluding hydrogens is 404 g/mol. The number of carbonyl (C=O) groups is 2. The first-order valence-electron chi connectivity index (χ1n) is 11.5. The third kappa shape index (κ3) is 4.17. The average molecular weight is 433 g/mol. The number of rotatable bonds is 6. The standard InChI is InChI=1S/C24H28N6O2/c31-23(21-12-14-25-29(21)19-8-1-2-9-19)27-17-6-5-7-18(16-17)28-24(32)22-13-15-26-30(22)20-10-3-4-11-20/h5-7,12-16,19-20H,1-4,8-11H2,(H,27,31)(H,28,32). The fourth-order valence-corrected chi connectivity index (χ4v) is 4.93. The largest absolute Gasteiger partial charge is 0.321 e. The van der Waals surface area contributed by atoms with E-state index in [1.54, 1.807) is 30.6 Å². The van der Waals surface area contributed by atoms with Gasteiger partial charge in [0.05, 0.1) is 12.1 Å². The molecule has 0 unspecified atom stereocenters. The molecule has 0 spiro atoms. The summed E-state index contributed by atoms with van der Waals surface area (Å²) < 4.78 is 3.69. The number of aromatic nitrogens is 4. The highest BCUT2D eigenvalue weighted by molar-refractivity contribution is 6.05. The Morgan fingerprint density at radius 2 is 1.16 bits per heavy atom. The van der Waals surface area contributed by atoms with Gasteiger partial charge in [0, 0.05) is 23.8 Å². The molecule has 0 bridgehead atoms. The SMILES string of the molecule is O=C(Nc1cccc(NC(=O)c2ccnn2C2CCCC2)c1)c1ccnn1C1CCCC1. The van der Waals surface area contributed by atoms with Crippen LogP contribution in [0.25, 0.3) is 0 Å². The van der Waals surface area contributed by atoms with Gasteiger partial charge in [0.1, 0.15) is 11.4 Å². The number of amides is 2. The minimum Gasteiger partial charge on any atom is -0.321 e. The number of nitrogens with zero attached hydrogens (tertiary/aromatic N) is 4. The number of hydrogen-bond donors (Lipinski definition) is 2. The van der Waals surface area contributed by atoms with Crippen molar-refractivity contribution in [3.8, 4) is 0 Å². The maximum Gasteiger partial charge on any atom is 0.273 e. The molecule has 3 aromatic rings. The van der Waals surface area contributed by atoms with Gasteiger partial charge >= 0.3 is 0 Å². The van der Waals surface area contributed by atoms with Crippen molar-refractivity contribution in [1.82, 2.24) is 19.6 Å². The Balaban J connectivity index is 1.27. The number of benzene rings is 1. The van der Waals surface area contributed by atoms with Gasteiger partial charge in [-0.1, -0.05) is 31.7 Å². The molecule has 32 heavy (non-hydrogen) atoms. The van der Waals surface area contributed by atoms with Crippen LogP contribution in [0.15, 0.2) is 48.8 Å². The molecule has 2 fully saturated rings. The fourth-order valence-electron chi connectivity index (χ4n) is 4.93. The first-order valence-corrected chi connectivity index (χ1v) is 11.5. The highest BCUT2D eigenvalue weighted by Gasteiger charge is 2.24. The summed E-state index contributed by atoms with van der Waals surface area (Å²) in [6.45, 7) is 0. The maximum atomic E-state index is 12.9. The van der Waals surface area contributed by atoms with Crippen LogP contribution in [0.3, 0.4) is 0 Å². The quantitative estimate of drug-likeness (QED) is 0.584. The molecular formula is C24H28N6O2. The smallest absolute Gasteiger partial charge is 0.273 e. The van der Waals surface area contributed by atoms with Gasteiger partial charge in [-0.25, -0.2) is 0 Å². The lowest BCUT2D eigenvalue weighted by Gasteiger charge is -2.15. The Morgan fingerprint density at radius 3 is 1.59 bits per heavy atom. The Bertz CT molecular complexity index is 1020. The van der Waals surface area contributed by atoms with E-state index in [1.807, 2.05) is 27.6 Å². The molecule has 8 heteroatoms. The lowest BCUT2D eigenvalue weighted by atomic mass is 10.2. The fraction of sp³-hybridized carbons (Fsp3) is 0.417. The minimum atomic E-state index is -0.197. The number of nitrogens with one attached hydrogen (secondary N) is 2.